The van der Waals surface area contributed by atoms with Crippen LogP contribution >= 0.6 is 47.8 Å². The molecule has 1 heterocycles. The molecule has 0 spiro atoms. The van der Waals surface area contributed by atoms with Crippen LogP contribution in [0.5, 0.6) is 0 Å². The van der Waals surface area contributed by atoms with Crippen molar-refractivity contribution in [3.63, 3.8) is 0 Å². The van der Waals surface area contributed by atoms with Gasteiger partial charge in [0.2, 0.25) is 0 Å². The molecule has 0 aliphatic carbocycles. The number of hydrogen-bond donors (Lipinski definition) is 1. The molecule has 2 aromatic rings. The Morgan fingerprint density at radius 3 is 2.42 bits per heavy atom. The highest BCUT2D eigenvalue weighted by Crippen LogP contribution is 2.26. The van der Waals surface area contributed by atoms with Crippen molar-refractivity contribution in [3.8, 4) is 0 Å². The molecule has 0 aliphatic rings. The van der Waals surface area contributed by atoms with Crippen molar-refractivity contribution in [3.05, 3.63) is 44.1 Å². The standard InChI is InChI=1S/C10H6Br3N3O2S/c11-6-3-1-2-4-7(6)19(17,18)16-10-9(13)15-8(12)5-14-10/h1-5H,(H,14,16). The van der Waals surface area contributed by atoms with Crippen LogP contribution in [0.2, 0.25) is 0 Å². The fourth-order valence-electron chi connectivity index (χ4n) is 1.26. The summed E-state index contributed by atoms with van der Waals surface area (Å²) in [6, 6.07) is 6.52. The second-order valence-corrected chi connectivity index (χ2v) is 7.44. The summed E-state index contributed by atoms with van der Waals surface area (Å²) in [5.74, 6) is 0.124. The topological polar surface area (TPSA) is 72.0 Å². The number of halogens is 3. The quantitative estimate of drug-likeness (QED) is 0.743. The fraction of sp³-hybridized carbons (Fsp3) is 0. The van der Waals surface area contributed by atoms with Crippen LogP contribution in [-0.2, 0) is 10.0 Å². The second kappa shape index (κ2) is 5.86. The summed E-state index contributed by atoms with van der Waals surface area (Å²) in [5.41, 5.74) is 0. The van der Waals surface area contributed by atoms with Crippen molar-refractivity contribution >= 4 is 63.6 Å². The maximum Gasteiger partial charge on any atom is 0.264 e. The highest BCUT2D eigenvalue weighted by Gasteiger charge is 2.19. The zero-order chi connectivity index (χ0) is 14.0. The normalized spacial score (nSPS) is 11.3. The van der Waals surface area contributed by atoms with Gasteiger partial charge >= 0.3 is 0 Å². The first kappa shape index (κ1) is 14.9. The van der Waals surface area contributed by atoms with Crippen molar-refractivity contribution < 1.29 is 8.42 Å². The summed E-state index contributed by atoms with van der Waals surface area (Å²) < 4.78 is 28.1. The van der Waals surface area contributed by atoms with E-state index < -0.39 is 10.0 Å². The van der Waals surface area contributed by atoms with Gasteiger partial charge in [0.05, 0.1) is 6.20 Å². The van der Waals surface area contributed by atoms with Gasteiger partial charge < -0.3 is 0 Å². The van der Waals surface area contributed by atoms with Gasteiger partial charge in [0.25, 0.3) is 10.0 Å². The third-order valence-electron chi connectivity index (χ3n) is 2.06. The smallest absolute Gasteiger partial charge is 0.261 e. The molecular weight excluding hydrogens is 466 g/mol. The van der Waals surface area contributed by atoms with Gasteiger partial charge in [-0.05, 0) is 59.9 Å². The van der Waals surface area contributed by atoms with E-state index in [2.05, 4.69) is 62.5 Å². The minimum Gasteiger partial charge on any atom is -0.261 e. The third kappa shape index (κ3) is 3.53. The summed E-state index contributed by atoms with van der Waals surface area (Å²) in [7, 11) is -3.72. The Kier molecular flexibility index (Phi) is 4.59. The van der Waals surface area contributed by atoms with Crippen LogP contribution in [0.3, 0.4) is 0 Å². The largest absolute Gasteiger partial charge is 0.264 e. The molecule has 0 amide bonds. The predicted molar refractivity (Wildman–Crippen MR) is 82.4 cm³/mol. The van der Waals surface area contributed by atoms with Crippen molar-refractivity contribution in [2.75, 3.05) is 4.72 Å². The van der Waals surface area contributed by atoms with E-state index in [0.29, 0.717) is 13.7 Å². The SMILES string of the molecule is O=S(=O)(Nc1ncc(Br)nc1Br)c1ccccc1Br. The van der Waals surface area contributed by atoms with Crippen LogP contribution in [-0.4, -0.2) is 18.4 Å². The Labute approximate surface area is 135 Å². The van der Waals surface area contributed by atoms with E-state index >= 15 is 0 Å². The summed E-state index contributed by atoms with van der Waals surface area (Å²) >= 11 is 9.49. The molecule has 5 nitrogen and oxygen atoms in total. The molecule has 1 aromatic heterocycles. The first-order valence-electron chi connectivity index (χ1n) is 4.85. The Hall–Kier alpha value is -0.510. The van der Waals surface area contributed by atoms with Gasteiger partial charge in [0.15, 0.2) is 10.4 Å². The van der Waals surface area contributed by atoms with Gasteiger partial charge in [-0.2, -0.15) is 0 Å². The Morgan fingerprint density at radius 2 is 1.79 bits per heavy atom. The molecule has 0 aliphatic heterocycles. The molecule has 0 saturated heterocycles. The maximum atomic E-state index is 12.2. The number of anilines is 1. The van der Waals surface area contributed by atoms with Crippen LogP contribution < -0.4 is 4.72 Å². The molecule has 9 heteroatoms. The number of benzene rings is 1. The molecule has 0 fully saturated rings. The average molecular weight is 472 g/mol. The van der Waals surface area contributed by atoms with Crippen LogP contribution in [0.1, 0.15) is 0 Å². The number of aromatic nitrogens is 2. The fourth-order valence-corrected chi connectivity index (χ4v) is 4.32. The van der Waals surface area contributed by atoms with Gasteiger partial charge in [-0.25, -0.2) is 18.4 Å². The molecule has 1 N–H and O–H groups in total. The zero-order valence-electron chi connectivity index (χ0n) is 9.14. The van der Waals surface area contributed by atoms with Crippen LogP contribution in [0.25, 0.3) is 0 Å². The molecule has 19 heavy (non-hydrogen) atoms. The van der Waals surface area contributed by atoms with E-state index in [1.54, 1.807) is 18.2 Å². The first-order chi connectivity index (χ1) is 8.90. The molecule has 0 atom stereocenters. The highest BCUT2D eigenvalue weighted by atomic mass is 79.9. The lowest BCUT2D eigenvalue weighted by molar-refractivity contribution is 0.600. The number of hydrogen-bond acceptors (Lipinski definition) is 4. The molecule has 100 valence electrons. The molecule has 0 bridgehead atoms. The molecule has 0 unspecified atom stereocenters. The summed E-state index contributed by atoms with van der Waals surface area (Å²) in [5, 5.41) is 0. The van der Waals surface area contributed by atoms with E-state index in [9.17, 15) is 8.42 Å². The first-order valence-corrected chi connectivity index (χ1v) is 8.72. The van der Waals surface area contributed by atoms with E-state index in [1.807, 2.05) is 0 Å². The summed E-state index contributed by atoms with van der Waals surface area (Å²) in [4.78, 5) is 8.09. The van der Waals surface area contributed by atoms with Crippen LogP contribution in [0.4, 0.5) is 5.82 Å². The molecular formula is C10H6Br3N3O2S. The lowest BCUT2D eigenvalue weighted by atomic mass is 10.4. The lowest BCUT2D eigenvalue weighted by Gasteiger charge is -2.09. The van der Waals surface area contributed by atoms with Gasteiger partial charge in [-0.3, -0.25) is 4.72 Å². The Morgan fingerprint density at radius 1 is 1.11 bits per heavy atom. The van der Waals surface area contributed by atoms with Crippen molar-refractivity contribution in [2.24, 2.45) is 0 Å². The predicted octanol–water partition coefficient (Wildman–Crippen LogP) is 3.56. The highest BCUT2D eigenvalue weighted by molar-refractivity contribution is 9.11. The molecule has 1 aromatic carbocycles. The van der Waals surface area contributed by atoms with E-state index in [1.165, 1.54) is 12.3 Å². The number of sulfonamides is 1. The molecule has 0 radical (unpaired) electrons. The van der Waals surface area contributed by atoms with E-state index in [4.69, 9.17) is 0 Å². The van der Waals surface area contributed by atoms with Crippen LogP contribution in [0.15, 0.2) is 49.0 Å². The van der Waals surface area contributed by atoms with Crippen molar-refractivity contribution in [2.45, 2.75) is 4.90 Å². The molecule has 0 saturated carbocycles. The minimum atomic E-state index is -3.72. The second-order valence-electron chi connectivity index (χ2n) is 3.37. The average Bonchev–Trinajstić information content (AvgIpc) is 2.33. The number of rotatable bonds is 3. The molecule has 2 rings (SSSR count). The maximum absolute atomic E-state index is 12.2. The van der Waals surface area contributed by atoms with E-state index in [0.717, 1.165) is 0 Å². The Bertz CT molecular complexity index is 722. The monoisotopic (exact) mass is 469 g/mol. The Balaban J connectivity index is 2.40. The zero-order valence-corrected chi connectivity index (χ0v) is 14.7. The van der Waals surface area contributed by atoms with Crippen molar-refractivity contribution in [1.29, 1.82) is 0 Å². The number of nitrogens with one attached hydrogen (secondary N) is 1. The third-order valence-corrected chi connectivity index (χ3v) is 5.34. The lowest BCUT2D eigenvalue weighted by Crippen LogP contribution is -2.15. The summed E-state index contributed by atoms with van der Waals surface area (Å²) in [6.45, 7) is 0. The van der Waals surface area contributed by atoms with E-state index in [-0.39, 0.29) is 10.7 Å². The van der Waals surface area contributed by atoms with Crippen molar-refractivity contribution in [1.82, 2.24) is 9.97 Å². The summed E-state index contributed by atoms with van der Waals surface area (Å²) in [6.07, 6.45) is 1.41. The van der Waals surface area contributed by atoms with Gasteiger partial charge in [0, 0.05) is 4.47 Å². The van der Waals surface area contributed by atoms with Gasteiger partial charge in [-0.1, -0.05) is 12.1 Å². The van der Waals surface area contributed by atoms with Crippen LogP contribution in [0, 0.1) is 0 Å². The minimum absolute atomic E-state index is 0.124. The van der Waals surface area contributed by atoms with Gasteiger partial charge in [-0.15, -0.1) is 0 Å². The number of nitrogens with zero attached hydrogens (tertiary/aromatic N) is 2. The van der Waals surface area contributed by atoms with Gasteiger partial charge in [0.1, 0.15) is 9.50 Å².